The Morgan fingerprint density at radius 1 is 1.50 bits per heavy atom. The molecule has 1 aliphatic carbocycles. The molecule has 0 spiro atoms. The predicted octanol–water partition coefficient (Wildman–Crippen LogP) is 2.22. The first-order chi connectivity index (χ1) is 5.88. The van der Waals surface area contributed by atoms with Gasteiger partial charge in [-0.2, -0.15) is 0 Å². The molecule has 0 aromatic carbocycles. The number of aromatic nitrogens is 2. The minimum absolute atomic E-state index is 0.808. The molecular weight excluding hydrogens is 190 g/mol. The molecule has 1 N–H and O–H groups in total. The van der Waals surface area contributed by atoms with Gasteiger partial charge >= 0.3 is 0 Å². The number of anilines is 1. The van der Waals surface area contributed by atoms with Crippen molar-refractivity contribution < 1.29 is 0 Å². The summed E-state index contributed by atoms with van der Waals surface area (Å²) in [7, 11) is 1.87. The van der Waals surface area contributed by atoms with Gasteiger partial charge in [0, 0.05) is 12.3 Å². The lowest BCUT2D eigenvalue weighted by Crippen LogP contribution is -2.12. The van der Waals surface area contributed by atoms with Crippen LogP contribution in [0.3, 0.4) is 0 Å². The normalized spacial score (nSPS) is 17.4. The molecular formula is C7H11N3S2. The van der Waals surface area contributed by atoms with Crippen molar-refractivity contribution in [2.75, 3.05) is 12.4 Å². The molecule has 0 atom stereocenters. The lowest BCUT2D eigenvalue weighted by Gasteiger charge is -2.22. The van der Waals surface area contributed by atoms with Crippen LogP contribution >= 0.6 is 23.1 Å². The third-order valence-corrected chi connectivity index (χ3v) is 4.30. The maximum Gasteiger partial charge on any atom is 0.206 e. The van der Waals surface area contributed by atoms with Crippen molar-refractivity contribution in [3.63, 3.8) is 0 Å². The lowest BCUT2D eigenvalue weighted by molar-refractivity contribution is 0.522. The van der Waals surface area contributed by atoms with Crippen LogP contribution in [0.15, 0.2) is 4.34 Å². The van der Waals surface area contributed by atoms with Gasteiger partial charge in [-0.3, -0.25) is 0 Å². The fraction of sp³-hybridized carbons (Fsp3) is 0.714. The maximum atomic E-state index is 4.08. The summed E-state index contributed by atoms with van der Waals surface area (Å²) in [5, 5.41) is 12.8. The summed E-state index contributed by atoms with van der Waals surface area (Å²) in [4.78, 5) is 0. The highest BCUT2D eigenvalue weighted by atomic mass is 32.2. The van der Waals surface area contributed by atoms with E-state index in [2.05, 4.69) is 15.5 Å². The van der Waals surface area contributed by atoms with Crippen LogP contribution in [0.5, 0.6) is 0 Å². The molecule has 0 unspecified atom stereocenters. The van der Waals surface area contributed by atoms with Gasteiger partial charge in [-0.05, 0) is 12.8 Å². The third kappa shape index (κ3) is 1.72. The maximum absolute atomic E-state index is 4.08. The number of nitrogens with one attached hydrogen (secondary N) is 1. The Kier molecular flexibility index (Phi) is 2.51. The Hall–Kier alpha value is -0.290. The molecule has 0 radical (unpaired) electrons. The summed E-state index contributed by atoms with van der Waals surface area (Å²) < 4.78 is 1.10. The minimum atomic E-state index is 0.808. The summed E-state index contributed by atoms with van der Waals surface area (Å²) in [6.45, 7) is 0. The fourth-order valence-corrected chi connectivity index (χ4v) is 3.20. The smallest absolute Gasteiger partial charge is 0.206 e. The fourth-order valence-electron chi connectivity index (χ4n) is 0.990. The van der Waals surface area contributed by atoms with Crippen molar-refractivity contribution in [1.29, 1.82) is 0 Å². The average Bonchev–Trinajstić information content (AvgIpc) is 2.44. The molecule has 5 heteroatoms. The molecule has 1 heterocycles. The molecule has 1 aromatic heterocycles. The van der Waals surface area contributed by atoms with Crippen molar-refractivity contribution in [3.05, 3.63) is 0 Å². The second-order valence-corrected chi connectivity index (χ2v) is 5.32. The van der Waals surface area contributed by atoms with Crippen LogP contribution in [0.25, 0.3) is 0 Å². The monoisotopic (exact) mass is 201 g/mol. The predicted molar refractivity (Wildman–Crippen MR) is 53.0 cm³/mol. The van der Waals surface area contributed by atoms with E-state index >= 15 is 0 Å². The number of rotatable bonds is 3. The molecule has 1 fully saturated rings. The Morgan fingerprint density at radius 2 is 2.33 bits per heavy atom. The zero-order chi connectivity index (χ0) is 8.39. The molecule has 12 heavy (non-hydrogen) atoms. The second-order valence-electron chi connectivity index (χ2n) is 2.79. The zero-order valence-electron chi connectivity index (χ0n) is 6.91. The highest BCUT2D eigenvalue weighted by molar-refractivity contribution is 8.01. The number of hydrogen-bond donors (Lipinski definition) is 1. The van der Waals surface area contributed by atoms with Gasteiger partial charge in [0.05, 0.1) is 0 Å². The van der Waals surface area contributed by atoms with Gasteiger partial charge in [-0.25, -0.2) is 0 Å². The third-order valence-electron chi connectivity index (χ3n) is 1.94. The first-order valence-corrected chi connectivity index (χ1v) is 5.76. The van der Waals surface area contributed by atoms with Crippen molar-refractivity contribution >= 4 is 28.2 Å². The van der Waals surface area contributed by atoms with Crippen LogP contribution in [0.4, 0.5) is 5.13 Å². The van der Waals surface area contributed by atoms with Crippen molar-refractivity contribution in [1.82, 2.24) is 10.2 Å². The van der Waals surface area contributed by atoms with Crippen LogP contribution in [-0.4, -0.2) is 22.5 Å². The van der Waals surface area contributed by atoms with Gasteiger partial charge in [-0.15, -0.1) is 10.2 Å². The van der Waals surface area contributed by atoms with E-state index in [4.69, 9.17) is 0 Å². The number of thioether (sulfide) groups is 1. The molecule has 1 saturated carbocycles. The van der Waals surface area contributed by atoms with Crippen molar-refractivity contribution in [2.45, 2.75) is 28.9 Å². The molecule has 66 valence electrons. The summed E-state index contributed by atoms with van der Waals surface area (Å²) in [5.41, 5.74) is 0. The first-order valence-electron chi connectivity index (χ1n) is 4.06. The van der Waals surface area contributed by atoms with E-state index in [9.17, 15) is 0 Å². The highest BCUT2D eigenvalue weighted by Gasteiger charge is 2.20. The van der Waals surface area contributed by atoms with Gasteiger partial charge in [0.1, 0.15) is 0 Å². The van der Waals surface area contributed by atoms with Crippen molar-refractivity contribution in [3.8, 4) is 0 Å². The number of nitrogens with zero attached hydrogens (tertiary/aromatic N) is 2. The van der Waals surface area contributed by atoms with Crippen LogP contribution in [-0.2, 0) is 0 Å². The molecule has 0 saturated heterocycles. The molecule has 0 amide bonds. The zero-order valence-corrected chi connectivity index (χ0v) is 8.54. The van der Waals surface area contributed by atoms with E-state index in [1.54, 1.807) is 11.3 Å². The lowest BCUT2D eigenvalue weighted by atomic mass is 10.0. The minimum Gasteiger partial charge on any atom is -0.363 e. The van der Waals surface area contributed by atoms with Crippen LogP contribution in [0, 0.1) is 0 Å². The molecule has 1 aromatic rings. The Balaban J connectivity index is 1.93. The summed E-state index contributed by atoms with van der Waals surface area (Å²) in [5.74, 6) is 0. The summed E-state index contributed by atoms with van der Waals surface area (Å²) >= 11 is 3.51. The Morgan fingerprint density at radius 3 is 2.83 bits per heavy atom. The molecule has 2 rings (SSSR count). The Bertz CT molecular complexity index is 257. The summed E-state index contributed by atoms with van der Waals surface area (Å²) in [6, 6.07) is 0. The quantitative estimate of drug-likeness (QED) is 0.813. The highest BCUT2D eigenvalue weighted by Crippen LogP contribution is 2.38. The van der Waals surface area contributed by atoms with Crippen LogP contribution in [0.2, 0.25) is 0 Å². The SMILES string of the molecule is CNc1nnc(SC2CCC2)s1. The topological polar surface area (TPSA) is 37.8 Å². The molecule has 0 bridgehead atoms. The van der Waals surface area contributed by atoms with Crippen LogP contribution in [0.1, 0.15) is 19.3 Å². The van der Waals surface area contributed by atoms with E-state index in [-0.39, 0.29) is 0 Å². The molecule has 1 aliphatic rings. The van der Waals surface area contributed by atoms with Gasteiger partial charge in [0.15, 0.2) is 4.34 Å². The van der Waals surface area contributed by atoms with E-state index < -0.39 is 0 Å². The van der Waals surface area contributed by atoms with E-state index in [1.807, 2.05) is 18.8 Å². The van der Waals surface area contributed by atoms with Gasteiger partial charge in [0.2, 0.25) is 5.13 Å². The number of hydrogen-bond acceptors (Lipinski definition) is 5. The van der Waals surface area contributed by atoms with Crippen LogP contribution < -0.4 is 5.32 Å². The average molecular weight is 201 g/mol. The summed E-state index contributed by atoms with van der Waals surface area (Å²) in [6.07, 6.45) is 4.08. The van der Waals surface area contributed by atoms with Crippen molar-refractivity contribution in [2.24, 2.45) is 0 Å². The van der Waals surface area contributed by atoms with E-state index in [1.165, 1.54) is 19.3 Å². The largest absolute Gasteiger partial charge is 0.363 e. The standard InChI is InChI=1S/C7H11N3S2/c1-8-6-9-10-7(12-6)11-5-3-2-4-5/h5H,2-4H2,1H3,(H,8,9). The Labute approximate surface area is 80.0 Å². The molecule has 0 aliphatic heterocycles. The van der Waals surface area contributed by atoms with E-state index in [0.29, 0.717) is 0 Å². The van der Waals surface area contributed by atoms with Gasteiger partial charge in [-0.1, -0.05) is 29.5 Å². The molecule has 3 nitrogen and oxygen atoms in total. The van der Waals surface area contributed by atoms with Gasteiger partial charge < -0.3 is 5.32 Å². The first kappa shape index (κ1) is 8.31. The van der Waals surface area contributed by atoms with Gasteiger partial charge in [0.25, 0.3) is 0 Å². The second kappa shape index (κ2) is 3.62. The van der Waals surface area contributed by atoms with E-state index in [0.717, 1.165) is 14.7 Å².